The molecule has 3 rings (SSSR count). The van der Waals surface area contributed by atoms with Crippen LogP contribution in [0.3, 0.4) is 0 Å². The Labute approximate surface area is 182 Å². The van der Waals surface area contributed by atoms with E-state index in [0.717, 1.165) is 11.1 Å². The number of rotatable bonds is 7. The molecule has 0 aromatic heterocycles. The van der Waals surface area contributed by atoms with Gasteiger partial charge < -0.3 is 24.5 Å². The predicted octanol–water partition coefficient (Wildman–Crippen LogP) is 4.28. The number of ether oxygens (including phenoxy) is 2. The Morgan fingerprint density at radius 2 is 1.90 bits per heavy atom. The monoisotopic (exact) mass is 430 g/mol. The topological polar surface area (TPSA) is 76.0 Å². The summed E-state index contributed by atoms with van der Waals surface area (Å²) < 4.78 is 25.7. The number of halogens is 1. The molecule has 0 radical (unpaired) electrons. The highest BCUT2D eigenvalue weighted by Gasteiger charge is 2.47. The van der Waals surface area contributed by atoms with Crippen molar-refractivity contribution < 1.29 is 28.9 Å². The minimum absolute atomic E-state index is 0.131. The standard InChI is InChI=1S/C25H31FO5/c1-15(27)7-5-8-17-11-12-20(14-21(17)18-9-6-10-19(26)13-18)30-24-23(29)22(28)16(2)25(3,4)31-24/h6,9-14,16,22-24,28-29H,5,7-8H2,1-4H3/t16-,22-,23-,24?/m1/s1. The van der Waals surface area contributed by atoms with Gasteiger partial charge in [-0.05, 0) is 74.6 Å². The van der Waals surface area contributed by atoms with E-state index in [4.69, 9.17) is 9.47 Å². The summed E-state index contributed by atoms with van der Waals surface area (Å²) in [5, 5.41) is 20.9. The molecule has 1 heterocycles. The third kappa shape index (κ3) is 5.50. The zero-order valence-electron chi connectivity index (χ0n) is 18.5. The minimum atomic E-state index is -1.20. The zero-order chi connectivity index (χ0) is 22.8. The first-order chi connectivity index (χ1) is 14.6. The SMILES string of the molecule is CC(=O)CCCc1ccc(OC2OC(C)(C)[C@H](C)[C@@H](O)[C@H]2O)cc1-c1cccc(F)c1. The highest BCUT2D eigenvalue weighted by molar-refractivity contribution is 5.75. The molecule has 2 aromatic rings. The molecular formula is C25H31FO5. The van der Waals surface area contributed by atoms with Gasteiger partial charge in [0.1, 0.15) is 23.5 Å². The van der Waals surface area contributed by atoms with Crippen molar-refractivity contribution in [3.05, 3.63) is 53.8 Å². The van der Waals surface area contributed by atoms with Gasteiger partial charge >= 0.3 is 0 Å². The number of aliphatic hydroxyl groups is 2. The van der Waals surface area contributed by atoms with Gasteiger partial charge in [-0.15, -0.1) is 0 Å². The third-order valence-corrected chi connectivity index (χ3v) is 6.10. The zero-order valence-corrected chi connectivity index (χ0v) is 18.5. The Balaban J connectivity index is 1.89. The van der Waals surface area contributed by atoms with Crippen LogP contribution in [0.4, 0.5) is 4.39 Å². The lowest BCUT2D eigenvalue weighted by molar-refractivity contribution is -0.284. The highest BCUT2D eigenvalue weighted by Crippen LogP contribution is 2.36. The van der Waals surface area contributed by atoms with E-state index in [9.17, 15) is 19.4 Å². The fourth-order valence-corrected chi connectivity index (χ4v) is 3.87. The second kappa shape index (κ2) is 9.47. The molecule has 168 valence electrons. The van der Waals surface area contributed by atoms with Crippen LogP contribution in [-0.2, 0) is 16.0 Å². The van der Waals surface area contributed by atoms with E-state index in [1.165, 1.54) is 12.1 Å². The van der Waals surface area contributed by atoms with E-state index in [1.807, 2.05) is 32.9 Å². The fraction of sp³-hybridized carbons (Fsp3) is 0.480. The first kappa shape index (κ1) is 23.4. The first-order valence-corrected chi connectivity index (χ1v) is 10.7. The largest absolute Gasteiger partial charge is 0.462 e. The van der Waals surface area contributed by atoms with E-state index in [1.54, 1.807) is 25.1 Å². The van der Waals surface area contributed by atoms with E-state index in [2.05, 4.69) is 0 Å². The Kier molecular flexibility index (Phi) is 7.14. The molecule has 0 spiro atoms. The summed E-state index contributed by atoms with van der Waals surface area (Å²) in [6, 6.07) is 11.7. The smallest absolute Gasteiger partial charge is 0.229 e. The number of carbonyl (C=O) groups is 1. The van der Waals surface area contributed by atoms with Crippen molar-refractivity contribution in [2.45, 2.75) is 71.1 Å². The van der Waals surface area contributed by atoms with Gasteiger partial charge in [0, 0.05) is 12.3 Å². The van der Waals surface area contributed by atoms with Crippen LogP contribution in [0, 0.1) is 11.7 Å². The first-order valence-electron chi connectivity index (χ1n) is 10.7. The Morgan fingerprint density at radius 3 is 2.58 bits per heavy atom. The molecule has 1 aliphatic heterocycles. The number of Topliss-reactive ketones (excluding diaryl/α,β-unsaturated/α-hetero) is 1. The molecule has 0 amide bonds. The maximum atomic E-state index is 13.9. The summed E-state index contributed by atoms with van der Waals surface area (Å²) in [7, 11) is 0. The highest BCUT2D eigenvalue weighted by atomic mass is 19.1. The maximum absolute atomic E-state index is 13.9. The maximum Gasteiger partial charge on any atom is 0.229 e. The lowest BCUT2D eigenvalue weighted by Crippen LogP contribution is -2.59. The third-order valence-electron chi connectivity index (χ3n) is 6.10. The van der Waals surface area contributed by atoms with E-state index in [0.29, 0.717) is 30.6 Å². The quantitative estimate of drug-likeness (QED) is 0.686. The number of hydrogen-bond donors (Lipinski definition) is 2. The van der Waals surface area contributed by atoms with Gasteiger partial charge in [-0.25, -0.2) is 4.39 Å². The van der Waals surface area contributed by atoms with Crippen LogP contribution in [-0.4, -0.2) is 40.1 Å². The van der Waals surface area contributed by atoms with Crippen molar-refractivity contribution in [2.75, 3.05) is 0 Å². The van der Waals surface area contributed by atoms with Crippen molar-refractivity contribution in [1.82, 2.24) is 0 Å². The van der Waals surface area contributed by atoms with Crippen LogP contribution >= 0.6 is 0 Å². The Morgan fingerprint density at radius 1 is 1.16 bits per heavy atom. The van der Waals surface area contributed by atoms with Gasteiger partial charge in [0.05, 0.1) is 11.7 Å². The van der Waals surface area contributed by atoms with E-state index < -0.39 is 24.1 Å². The molecule has 0 aliphatic carbocycles. The molecule has 31 heavy (non-hydrogen) atoms. The van der Waals surface area contributed by atoms with Gasteiger partial charge in [-0.1, -0.05) is 25.1 Å². The van der Waals surface area contributed by atoms with Gasteiger partial charge in [-0.2, -0.15) is 0 Å². The molecule has 4 atom stereocenters. The van der Waals surface area contributed by atoms with Crippen LogP contribution in [0.25, 0.3) is 11.1 Å². The second-order valence-electron chi connectivity index (χ2n) is 8.86. The summed E-state index contributed by atoms with van der Waals surface area (Å²) in [6.07, 6.45) is -1.38. The number of aliphatic hydroxyl groups excluding tert-OH is 2. The van der Waals surface area contributed by atoms with Crippen LogP contribution in [0.2, 0.25) is 0 Å². The molecular weight excluding hydrogens is 399 g/mol. The van der Waals surface area contributed by atoms with Crippen LogP contribution in [0.1, 0.15) is 46.1 Å². The lowest BCUT2D eigenvalue weighted by atomic mass is 9.82. The number of ketones is 1. The van der Waals surface area contributed by atoms with Gasteiger partial charge in [0.15, 0.2) is 0 Å². The van der Waals surface area contributed by atoms with Crippen molar-refractivity contribution in [1.29, 1.82) is 0 Å². The number of benzene rings is 2. The predicted molar refractivity (Wildman–Crippen MR) is 116 cm³/mol. The van der Waals surface area contributed by atoms with Crippen LogP contribution in [0.15, 0.2) is 42.5 Å². The van der Waals surface area contributed by atoms with Crippen molar-refractivity contribution in [2.24, 2.45) is 5.92 Å². The summed E-state index contributed by atoms with van der Waals surface area (Å²) in [5.74, 6) is -0.0421. The molecule has 0 bridgehead atoms. The summed E-state index contributed by atoms with van der Waals surface area (Å²) in [6.45, 7) is 7.08. The normalized spacial score (nSPS) is 25.3. The number of carbonyl (C=O) groups excluding carboxylic acids is 1. The lowest BCUT2D eigenvalue weighted by Gasteiger charge is -2.46. The van der Waals surface area contributed by atoms with E-state index >= 15 is 0 Å². The van der Waals surface area contributed by atoms with Crippen molar-refractivity contribution >= 4 is 5.78 Å². The molecule has 2 aromatic carbocycles. The molecule has 1 unspecified atom stereocenters. The second-order valence-corrected chi connectivity index (χ2v) is 8.86. The number of hydrogen-bond acceptors (Lipinski definition) is 5. The minimum Gasteiger partial charge on any atom is -0.462 e. The Bertz CT molecular complexity index is 926. The van der Waals surface area contributed by atoms with Crippen molar-refractivity contribution in [3.63, 3.8) is 0 Å². The molecule has 1 aliphatic rings. The fourth-order valence-electron chi connectivity index (χ4n) is 3.87. The van der Waals surface area contributed by atoms with Crippen molar-refractivity contribution in [3.8, 4) is 16.9 Å². The molecule has 1 fully saturated rings. The Hall–Kier alpha value is -2.28. The van der Waals surface area contributed by atoms with Crippen LogP contribution < -0.4 is 4.74 Å². The van der Waals surface area contributed by atoms with Gasteiger partial charge in [-0.3, -0.25) is 0 Å². The van der Waals surface area contributed by atoms with E-state index in [-0.39, 0.29) is 17.5 Å². The summed E-state index contributed by atoms with van der Waals surface area (Å²) in [5.41, 5.74) is 1.78. The molecule has 2 N–H and O–H groups in total. The average Bonchev–Trinajstić information content (AvgIpc) is 2.71. The molecule has 6 heteroatoms. The van der Waals surface area contributed by atoms with Gasteiger partial charge in [0.25, 0.3) is 0 Å². The molecule has 0 saturated carbocycles. The summed E-state index contributed by atoms with van der Waals surface area (Å²) >= 11 is 0. The summed E-state index contributed by atoms with van der Waals surface area (Å²) in [4.78, 5) is 11.3. The molecule has 1 saturated heterocycles. The molecule has 5 nitrogen and oxygen atoms in total. The average molecular weight is 431 g/mol. The van der Waals surface area contributed by atoms with Crippen LogP contribution in [0.5, 0.6) is 5.75 Å². The van der Waals surface area contributed by atoms with Gasteiger partial charge in [0.2, 0.25) is 6.29 Å². The number of aryl methyl sites for hydroxylation is 1.